The molecule has 2 aromatic rings. The van der Waals surface area contributed by atoms with Crippen LogP contribution in [0.15, 0.2) is 48.5 Å². The van der Waals surface area contributed by atoms with E-state index in [1.807, 2.05) is 12.1 Å². The molecule has 2 N–H and O–H groups in total. The van der Waals surface area contributed by atoms with Gasteiger partial charge in [0.2, 0.25) is 5.91 Å². The molecule has 2 aliphatic rings. The number of amides is 1. The Morgan fingerprint density at radius 1 is 1.04 bits per heavy atom. The summed E-state index contributed by atoms with van der Waals surface area (Å²) >= 11 is 0. The van der Waals surface area contributed by atoms with E-state index in [1.165, 1.54) is 29.7 Å². The summed E-state index contributed by atoms with van der Waals surface area (Å²) in [6.45, 7) is 2.88. The third kappa shape index (κ3) is 4.25. The number of carbonyl (C=O) groups is 1. The number of para-hydroxylation sites is 1. The number of nitrogens with one attached hydrogen (secondary N) is 2. The molecule has 4 rings (SSSR count). The average Bonchev–Trinajstić information content (AvgIpc) is 3.29. The summed E-state index contributed by atoms with van der Waals surface area (Å²) in [4.78, 5) is 14.7. The zero-order valence-electron chi connectivity index (χ0n) is 15.2. The molecule has 4 nitrogen and oxygen atoms in total. The molecule has 0 spiro atoms. The highest BCUT2D eigenvalue weighted by molar-refractivity contribution is 5.91. The molecule has 1 aliphatic carbocycles. The predicted octanol–water partition coefficient (Wildman–Crippen LogP) is 3.69. The van der Waals surface area contributed by atoms with Crippen LogP contribution in [0.2, 0.25) is 0 Å². The summed E-state index contributed by atoms with van der Waals surface area (Å²) in [5.74, 6) is 0.113. The van der Waals surface area contributed by atoms with Crippen molar-refractivity contribution in [2.45, 2.75) is 38.1 Å². The Morgan fingerprint density at radius 3 is 2.77 bits per heavy atom. The Morgan fingerprint density at radius 2 is 1.88 bits per heavy atom. The number of benzene rings is 2. The van der Waals surface area contributed by atoms with Crippen molar-refractivity contribution in [2.24, 2.45) is 0 Å². The summed E-state index contributed by atoms with van der Waals surface area (Å²) in [5.41, 5.74) is 4.96. The van der Waals surface area contributed by atoms with E-state index in [4.69, 9.17) is 0 Å². The molecule has 2 aromatic carbocycles. The number of aryl methyl sites for hydroxylation is 2. The van der Waals surface area contributed by atoms with Gasteiger partial charge in [-0.2, -0.15) is 0 Å². The Labute approximate surface area is 155 Å². The number of rotatable bonds is 6. The number of hydrogen-bond acceptors (Lipinski definition) is 3. The van der Waals surface area contributed by atoms with Gasteiger partial charge in [0.1, 0.15) is 0 Å². The van der Waals surface area contributed by atoms with Crippen molar-refractivity contribution in [3.05, 3.63) is 59.7 Å². The van der Waals surface area contributed by atoms with Crippen molar-refractivity contribution in [3.8, 4) is 0 Å². The van der Waals surface area contributed by atoms with E-state index in [0.717, 1.165) is 38.2 Å². The van der Waals surface area contributed by atoms with Crippen molar-refractivity contribution in [1.29, 1.82) is 0 Å². The lowest BCUT2D eigenvalue weighted by Gasteiger charge is -2.17. The predicted molar refractivity (Wildman–Crippen MR) is 107 cm³/mol. The zero-order valence-corrected chi connectivity index (χ0v) is 15.2. The Bertz CT molecular complexity index is 759. The summed E-state index contributed by atoms with van der Waals surface area (Å²) in [6, 6.07) is 17.2. The third-order valence-corrected chi connectivity index (χ3v) is 5.45. The zero-order chi connectivity index (χ0) is 17.8. The summed E-state index contributed by atoms with van der Waals surface area (Å²) < 4.78 is 0. The van der Waals surface area contributed by atoms with Crippen LogP contribution in [0.5, 0.6) is 0 Å². The number of likely N-dealkylation sites (tertiary alicyclic amines) is 1. The molecule has 1 amide bonds. The maximum absolute atomic E-state index is 12.3. The van der Waals surface area contributed by atoms with Gasteiger partial charge in [-0.25, -0.2) is 0 Å². The average molecular weight is 349 g/mol. The fourth-order valence-corrected chi connectivity index (χ4v) is 4.06. The summed E-state index contributed by atoms with van der Waals surface area (Å²) in [5, 5.41) is 6.65. The van der Waals surface area contributed by atoms with Gasteiger partial charge >= 0.3 is 0 Å². The largest absolute Gasteiger partial charge is 0.381 e. The Balaban J connectivity index is 1.21. The SMILES string of the molecule is O=C(CCN1CCC(Nc2ccccc2)C1)Nc1ccc2c(c1)CCC2. The Kier molecular flexibility index (Phi) is 5.21. The third-order valence-electron chi connectivity index (χ3n) is 5.45. The highest BCUT2D eigenvalue weighted by Gasteiger charge is 2.22. The van der Waals surface area contributed by atoms with Crippen molar-refractivity contribution in [3.63, 3.8) is 0 Å². The standard InChI is InChI=1S/C22H27N3O/c26-22(24-20-10-9-17-5-4-6-18(17)15-20)12-14-25-13-11-21(16-25)23-19-7-2-1-3-8-19/h1-3,7-10,15,21,23H,4-6,11-14,16H2,(H,24,26). The molecule has 0 saturated carbocycles. The molecule has 0 radical (unpaired) electrons. The van der Waals surface area contributed by atoms with Crippen molar-refractivity contribution in [1.82, 2.24) is 4.90 Å². The van der Waals surface area contributed by atoms with Crippen molar-refractivity contribution in [2.75, 3.05) is 30.3 Å². The van der Waals surface area contributed by atoms with Gasteiger partial charge in [0.05, 0.1) is 0 Å². The number of fused-ring (bicyclic) bond motifs is 1. The second-order valence-corrected chi connectivity index (χ2v) is 7.43. The lowest BCUT2D eigenvalue weighted by Crippen LogP contribution is -2.29. The van der Waals surface area contributed by atoms with Crippen LogP contribution < -0.4 is 10.6 Å². The van der Waals surface area contributed by atoms with Gasteiger partial charge < -0.3 is 15.5 Å². The second-order valence-electron chi connectivity index (χ2n) is 7.43. The van der Waals surface area contributed by atoms with Crippen LogP contribution in [0.25, 0.3) is 0 Å². The maximum atomic E-state index is 12.3. The van der Waals surface area contributed by atoms with E-state index in [0.29, 0.717) is 12.5 Å². The quantitative estimate of drug-likeness (QED) is 0.836. The van der Waals surface area contributed by atoms with E-state index in [9.17, 15) is 4.79 Å². The van der Waals surface area contributed by atoms with Gasteiger partial charge in [-0.1, -0.05) is 24.3 Å². The normalized spacial score (nSPS) is 19.3. The molecule has 1 heterocycles. The molecule has 0 aromatic heterocycles. The molecule has 1 atom stereocenters. The molecule has 1 fully saturated rings. The lowest BCUT2D eigenvalue weighted by molar-refractivity contribution is -0.116. The molecule has 26 heavy (non-hydrogen) atoms. The Hall–Kier alpha value is -2.33. The van der Waals surface area contributed by atoms with Crippen LogP contribution in [0.4, 0.5) is 11.4 Å². The number of carbonyl (C=O) groups excluding carboxylic acids is 1. The lowest BCUT2D eigenvalue weighted by atomic mass is 10.1. The smallest absolute Gasteiger partial charge is 0.225 e. The van der Waals surface area contributed by atoms with Gasteiger partial charge in [0.15, 0.2) is 0 Å². The summed E-state index contributed by atoms with van der Waals surface area (Å²) in [7, 11) is 0. The molecule has 1 unspecified atom stereocenters. The van der Waals surface area contributed by atoms with Gasteiger partial charge in [-0.05, 0) is 61.1 Å². The van der Waals surface area contributed by atoms with E-state index >= 15 is 0 Å². The number of anilines is 2. The fourth-order valence-electron chi connectivity index (χ4n) is 4.06. The first kappa shape index (κ1) is 17.1. The van der Waals surface area contributed by atoms with Crippen LogP contribution in [0.1, 0.15) is 30.4 Å². The van der Waals surface area contributed by atoms with Crippen molar-refractivity contribution >= 4 is 17.3 Å². The van der Waals surface area contributed by atoms with Crippen LogP contribution in [-0.4, -0.2) is 36.5 Å². The topological polar surface area (TPSA) is 44.4 Å². The monoisotopic (exact) mass is 349 g/mol. The summed E-state index contributed by atoms with van der Waals surface area (Å²) in [6.07, 6.45) is 5.23. The number of nitrogens with zero attached hydrogens (tertiary/aromatic N) is 1. The molecule has 1 saturated heterocycles. The van der Waals surface area contributed by atoms with Gasteiger partial charge in [0, 0.05) is 43.5 Å². The van der Waals surface area contributed by atoms with Gasteiger partial charge in [0.25, 0.3) is 0 Å². The minimum atomic E-state index is 0.113. The van der Waals surface area contributed by atoms with E-state index in [2.05, 4.69) is 51.9 Å². The van der Waals surface area contributed by atoms with Crippen LogP contribution in [-0.2, 0) is 17.6 Å². The van der Waals surface area contributed by atoms with Crippen LogP contribution in [0.3, 0.4) is 0 Å². The number of hydrogen-bond donors (Lipinski definition) is 2. The van der Waals surface area contributed by atoms with Gasteiger partial charge in [-0.3, -0.25) is 4.79 Å². The first-order valence-electron chi connectivity index (χ1n) is 9.72. The highest BCUT2D eigenvalue weighted by Crippen LogP contribution is 2.25. The fraction of sp³-hybridized carbons (Fsp3) is 0.409. The molecule has 136 valence electrons. The van der Waals surface area contributed by atoms with E-state index in [1.54, 1.807) is 0 Å². The minimum Gasteiger partial charge on any atom is -0.381 e. The maximum Gasteiger partial charge on any atom is 0.225 e. The minimum absolute atomic E-state index is 0.113. The molecule has 0 bridgehead atoms. The van der Waals surface area contributed by atoms with E-state index < -0.39 is 0 Å². The van der Waals surface area contributed by atoms with Crippen LogP contribution in [0, 0.1) is 0 Å². The molecule has 1 aliphatic heterocycles. The highest BCUT2D eigenvalue weighted by atomic mass is 16.1. The van der Waals surface area contributed by atoms with E-state index in [-0.39, 0.29) is 5.91 Å². The van der Waals surface area contributed by atoms with Crippen LogP contribution >= 0.6 is 0 Å². The van der Waals surface area contributed by atoms with Crippen molar-refractivity contribution < 1.29 is 4.79 Å². The van der Waals surface area contributed by atoms with Gasteiger partial charge in [-0.15, -0.1) is 0 Å². The molecular formula is C22H27N3O. The first-order valence-corrected chi connectivity index (χ1v) is 9.72. The second kappa shape index (κ2) is 7.92. The molecular weight excluding hydrogens is 322 g/mol. The first-order chi connectivity index (χ1) is 12.8. The molecule has 4 heteroatoms.